The van der Waals surface area contributed by atoms with Crippen molar-refractivity contribution in [2.24, 2.45) is 5.92 Å². The van der Waals surface area contributed by atoms with Crippen LogP contribution in [0, 0.1) is 5.92 Å². The predicted molar refractivity (Wildman–Crippen MR) is 156 cm³/mol. The fourth-order valence-electron chi connectivity index (χ4n) is 5.88. The van der Waals surface area contributed by atoms with E-state index in [1.54, 1.807) is 6.92 Å². The smallest absolute Gasteiger partial charge is 0.333 e. The average Bonchev–Trinajstić information content (AvgIpc) is 3.30. The molecule has 0 amide bonds. The lowest BCUT2D eigenvalue weighted by Crippen LogP contribution is -2.42. The van der Waals surface area contributed by atoms with Gasteiger partial charge in [-0.3, -0.25) is 0 Å². The molecule has 4 heteroatoms. The number of carbonyl (C=O) groups is 1. The molecule has 0 spiro atoms. The van der Waals surface area contributed by atoms with E-state index in [2.05, 4.69) is 69.8 Å². The van der Waals surface area contributed by atoms with Crippen LogP contribution in [0.25, 0.3) is 11.1 Å². The van der Waals surface area contributed by atoms with Crippen LogP contribution in [0.5, 0.6) is 0 Å². The molecule has 2 aromatic rings. The van der Waals surface area contributed by atoms with E-state index in [1.165, 1.54) is 54.4 Å². The zero-order valence-electron chi connectivity index (χ0n) is 24.2. The number of benzene rings is 2. The van der Waals surface area contributed by atoms with E-state index < -0.39 is 5.79 Å². The number of rotatable bonds is 18. The summed E-state index contributed by atoms with van der Waals surface area (Å²) < 4.78 is 18.9. The molecule has 0 heterocycles. The number of hydrogen-bond acceptors (Lipinski definition) is 4. The van der Waals surface area contributed by atoms with Crippen molar-refractivity contribution in [1.29, 1.82) is 0 Å². The Morgan fingerprint density at radius 2 is 1.53 bits per heavy atom. The first-order valence-electron chi connectivity index (χ1n) is 14.8. The maximum Gasteiger partial charge on any atom is 0.333 e. The van der Waals surface area contributed by atoms with Gasteiger partial charge < -0.3 is 14.2 Å². The summed E-state index contributed by atoms with van der Waals surface area (Å²) in [7, 11) is 0. The molecule has 1 unspecified atom stereocenters. The second kappa shape index (κ2) is 15.2. The normalized spacial score (nSPS) is 13.2. The van der Waals surface area contributed by atoms with E-state index in [-0.39, 0.29) is 11.9 Å². The Kier molecular flexibility index (Phi) is 12.1. The van der Waals surface area contributed by atoms with Crippen LogP contribution >= 0.6 is 0 Å². The van der Waals surface area contributed by atoms with Crippen LogP contribution in [0.1, 0.15) is 102 Å². The van der Waals surface area contributed by atoms with Gasteiger partial charge in [0, 0.05) is 30.3 Å². The monoisotopic (exact) mass is 520 g/mol. The molecular formula is C34H48O4. The second-order valence-electron chi connectivity index (χ2n) is 10.5. The third-order valence-electron chi connectivity index (χ3n) is 7.67. The first-order chi connectivity index (χ1) is 18.5. The lowest BCUT2D eigenvalue weighted by atomic mass is 9.81. The van der Waals surface area contributed by atoms with Crippen LogP contribution in [0.4, 0.5) is 0 Å². The topological polar surface area (TPSA) is 44.8 Å². The van der Waals surface area contributed by atoms with Crippen molar-refractivity contribution in [3.8, 4) is 11.1 Å². The quantitative estimate of drug-likeness (QED) is 0.0728. The molecule has 0 saturated carbocycles. The first-order valence-corrected chi connectivity index (χ1v) is 14.8. The van der Waals surface area contributed by atoms with Crippen molar-refractivity contribution in [2.45, 2.75) is 97.7 Å². The van der Waals surface area contributed by atoms with Gasteiger partial charge in [-0.25, -0.2) is 4.79 Å². The van der Waals surface area contributed by atoms with Crippen molar-refractivity contribution in [3.63, 3.8) is 0 Å². The first kappa shape index (κ1) is 30.1. The van der Waals surface area contributed by atoms with Crippen LogP contribution in [0.2, 0.25) is 0 Å². The number of hydrogen-bond donors (Lipinski definition) is 0. The highest BCUT2D eigenvalue weighted by Gasteiger charge is 2.44. The molecule has 38 heavy (non-hydrogen) atoms. The Labute approximate surface area is 230 Å². The second-order valence-corrected chi connectivity index (χ2v) is 10.5. The molecule has 0 N–H and O–H groups in total. The predicted octanol–water partition coefficient (Wildman–Crippen LogP) is 8.75. The lowest BCUT2D eigenvalue weighted by Gasteiger charge is -2.42. The largest absolute Gasteiger partial charge is 0.462 e. The van der Waals surface area contributed by atoms with Crippen molar-refractivity contribution in [2.75, 3.05) is 19.8 Å². The van der Waals surface area contributed by atoms with Gasteiger partial charge in [0.2, 0.25) is 0 Å². The van der Waals surface area contributed by atoms with Crippen LogP contribution in [-0.2, 0) is 31.2 Å². The minimum absolute atomic E-state index is 0.146. The molecule has 0 aromatic heterocycles. The number of fused-ring (bicyclic) bond motifs is 3. The molecule has 0 radical (unpaired) electrons. The highest BCUT2D eigenvalue weighted by molar-refractivity contribution is 5.86. The van der Waals surface area contributed by atoms with Crippen molar-refractivity contribution in [1.82, 2.24) is 0 Å². The van der Waals surface area contributed by atoms with Gasteiger partial charge in [-0.2, -0.15) is 0 Å². The van der Waals surface area contributed by atoms with Crippen molar-refractivity contribution in [3.05, 3.63) is 71.3 Å². The molecule has 208 valence electrons. The molecule has 0 aliphatic heterocycles. The fourth-order valence-corrected chi connectivity index (χ4v) is 5.88. The molecule has 4 nitrogen and oxygen atoms in total. The zero-order valence-corrected chi connectivity index (χ0v) is 24.2. The van der Waals surface area contributed by atoms with Crippen LogP contribution in [0.15, 0.2) is 54.6 Å². The van der Waals surface area contributed by atoms with Gasteiger partial charge >= 0.3 is 5.97 Å². The molecule has 2 aromatic carbocycles. The number of unbranched alkanes of at least 4 members (excludes halogenated alkanes) is 5. The zero-order chi connectivity index (χ0) is 27.4. The van der Waals surface area contributed by atoms with Crippen molar-refractivity contribution >= 4 is 5.97 Å². The Balaban J connectivity index is 1.92. The van der Waals surface area contributed by atoms with Crippen LogP contribution < -0.4 is 0 Å². The minimum Gasteiger partial charge on any atom is -0.462 e. The van der Waals surface area contributed by atoms with Gasteiger partial charge in [0.25, 0.3) is 0 Å². The summed E-state index contributed by atoms with van der Waals surface area (Å²) in [4.78, 5) is 12.0. The number of esters is 1. The third-order valence-corrected chi connectivity index (χ3v) is 7.67. The average molecular weight is 521 g/mol. The summed E-state index contributed by atoms with van der Waals surface area (Å²) in [5.41, 5.74) is 6.87. The Morgan fingerprint density at radius 1 is 0.868 bits per heavy atom. The van der Waals surface area contributed by atoms with E-state index in [1.807, 2.05) is 0 Å². The Hall–Kier alpha value is -2.43. The molecular weight excluding hydrogens is 472 g/mol. The van der Waals surface area contributed by atoms with E-state index in [0.717, 1.165) is 37.7 Å². The molecule has 1 aliphatic rings. The molecule has 0 bridgehead atoms. The van der Waals surface area contributed by atoms with E-state index >= 15 is 0 Å². The Morgan fingerprint density at radius 3 is 2.24 bits per heavy atom. The Bertz CT molecular complexity index is 1030. The minimum atomic E-state index is -0.835. The summed E-state index contributed by atoms with van der Waals surface area (Å²) in [6.45, 7) is 13.3. The lowest BCUT2D eigenvalue weighted by molar-refractivity contribution is -0.277. The third kappa shape index (κ3) is 7.36. The number of ether oxygens (including phenoxy) is 3. The van der Waals surface area contributed by atoms with E-state index in [4.69, 9.17) is 14.2 Å². The van der Waals surface area contributed by atoms with Crippen molar-refractivity contribution < 1.29 is 19.0 Å². The molecule has 0 fully saturated rings. The summed E-state index contributed by atoms with van der Waals surface area (Å²) in [6, 6.07) is 15.3. The van der Waals surface area contributed by atoms with Crippen LogP contribution in [0.3, 0.4) is 0 Å². The van der Waals surface area contributed by atoms with E-state index in [9.17, 15) is 4.79 Å². The molecule has 0 saturated heterocycles. The van der Waals surface area contributed by atoms with Gasteiger partial charge in [0.05, 0.1) is 6.61 Å². The van der Waals surface area contributed by atoms with Gasteiger partial charge in [-0.05, 0) is 68.7 Å². The van der Waals surface area contributed by atoms with Gasteiger partial charge in [0.15, 0.2) is 5.79 Å². The highest BCUT2D eigenvalue weighted by atomic mass is 16.7. The summed E-state index contributed by atoms with van der Waals surface area (Å²) >= 11 is 0. The van der Waals surface area contributed by atoms with Gasteiger partial charge in [-0.1, -0.05) is 94.5 Å². The molecule has 3 rings (SSSR count). The fraction of sp³-hybridized carbons (Fsp3) is 0.559. The van der Waals surface area contributed by atoms with Gasteiger partial charge in [0.1, 0.15) is 0 Å². The number of carbonyl (C=O) groups excluding carboxylic acids is 1. The molecule has 1 atom stereocenters. The summed E-state index contributed by atoms with van der Waals surface area (Å²) in [6.07, 6.45) is 11.0. The maximum atomic E-state index is 12.0. The summed E-state index contributed by atoms with van der Waals surface area (Å²) in [5, 5.41) is 0. The van der Waals surface area contributed by atoms with Gasteiger partial charge in [-0.15, -0.1) is 0 Å². The standard InChI is InChI=1S/C34H48O4/c1-6-9-10-11-12-13-19-28(20-17-24-36-33(35)26(4)5)34(37-7-2,38-8-3)32-23-16-22-30-29-21-15-14-18-27(29)25-31(30)32/h14-16,18,21-23,28H,4,6-13,17,19-20,24-25H2,1-3,5H3. The molecule has 1 aliphatic carbocycles. The van der Waals surface area contributed by atoms with Crippen LogP contribution in [-0.4, -0.2) is 25.8 Å². The maximum absolute atomic E-state index is 12.0. The SMILES string of the molecule is C=C(C)C(=O)OCCCC(CCCCCCCC)C(OCC)(OCC)c1cccc2c1Cc1ccccc1-2. The summed E-state index contributed by atoms with van der Waals surface area (Å²) in [5.74, 6) is -1.01. The highest BCUT2D eigenvalue weighted by Crippen LogP contribution is 2.47. The van der Waals surface area contributed by atoms with E-state index in [0.29, 0.717) is 25.4 Å².